The molecule has 0 atom stereocenters. The van der Waals surface area contributed by atoms with Gasteiger partial charge in [0.25, 0.3) is 0 Å². The van der Waals surface area contributed by atoms with Crippen LogP contribution in [-0.4, -0.2) is 11.0 Å². The SMILES string of the molecule is Cl/C1=N/C(c2ccccc2)=N\C(c2ccc3c4ccccc4c4ccc(-c5ccccc5)cc4c3c2)=C\CCC1. The lowest BCUT2D eigenvalue weighted by Crippen LogP contribution is -2.01. The molecule has 0 amide bonds. The second kappa shape index (κ2) is 10.6. The van der Waals surface area contributed by atoms with Crippen molar-refractivity contribution < 1.29 is 0 Å². The molecule has 0 spiro atoms. The maximum Gasteiger partial charge on any atom is 0.161 e. The van der Waals surface area contributed by atoms with E-state index in [1.165, 1.54) is 43.4 Å². The summed E-state index contributed by atoms with van der Waals surface area (Å²) in [7, 11) is 0. The van der Waals surface area contributed by atoms with Gasteiger partial charge in [0.05, 0.1) is 5.70 Å². The first-order valence-corrected chi connectivity index (χ1v) is 14.1. The molecule has 1 heterocycles. The highest BCUT2D eigenvalue weighted by Crippen LogP contribution is 2.38. The number of aliphatic imine (C=N–C) groups is 2. The van der Waals surface area contributed by atoms with Crippen molar-refractivity contribution in [1.29, 1.82) is 0 Å². The van der Waals surface area contributed by atoms with E-state index < -0.39 is 0 Å². The van der Waals surface area contributed by atoms with Crippen molar-refractivity contribution in [2.75, 3.05) is 0 Å². The van der Waals surface area contributed by atoms with Crippen molar-refractivity contribution in [1.82, 2.24) is 0 Å². The van der Waals surface area contributed by atoms with Gasteiger partial charge in [-0.1, -0.05) is 127 Å². The highest BCUT2D eigenvalue weighted by Gasteiger charge is 2.14. The maximum absolute atomic E-state index is 6.51. The molecule has 0 radical (unpaired) electrons. The van der Waals surface area contributed by atoms with Crippen LogP contribution in [0.3, 0.4) is 0 Å². The van der Waals surface area contributed by atoms with Crippen LogP contribution < -0.4 is 0 Å². The van der Waals surface area contributed by atoms with Gasteiger partial charge in [0.15, 0.2) is 5.84 Å². The normalized spacial score (nSPS) is 18.2. The largest absolute Gasteiger partial charge is 0.228 e. The predicted octanol–water partition coefficient (Wildman–Crippen LogP) is 10.4. The lowest BCUT2D eigenvalue weighted by molar-refractivity contribution is 0.902. The summed E-state index contributed by atoms with van der Waals surface area (Å²) in [5, 5.41) is 8.10. The summed E-state index contributed by atoms with van der Waals surface area (Å²) in [5.41, 5.74) is 5.39. The molecule has 1 aliphatic rings. The molecular formula is C37H27ClN2. The summed E-state index contributed by atoms with van der Waals surface area (Å²) < 4.78 is 0. The smallest absolute Gasteiger partial charge is 0.161 e. The Morgan fingerprint density at radius 1 is 0.475 bits per heavy atom. The average Bonchev–Trinajstić information content (AvgIpc) is 3.12. The Bertz CT molecular complexity index is 1970. The first kappa shape index (κ1) is 24.5. The Morgan fingerprint density at radius 2 is 1.02 bits per heavy atom. The van der Waals surface area contributed by atoms with E-state index >= 15 is 0 Å². The fraction of sp³-hybridized carbons (Fsp3) is 0.0811. The third-order valence-corrected chi connectivity index (χ3v) is 7.92. The van der Waals surface area contributed by atoms with E-state index in [1.54, 1.807) is 0 Å². The van der Waals surface area contributed by atoms with Gasteiger partial charge in [-0.2, -0.15) is 0 Å². The molecule has 6 aromatic rings. The van der Waals surface area contributed by atoms with Crippen LogP contribution in [0.15, 0.2) is 137 Å². The predicted molar refractivity (Wildman–Crippen MR) is 172 cm³/mol. The van der Waals surface area contributed by atoms with Crippen LogP contribution in [0, 0.1) is 0 Å². The minimum Gasteiger partial charge on any atom is -0.228 e. The second-order valence-electron chi connectivity index (χ2n) is 10.2. The van der Waals surface area contributed by atoms with E-state index in [0.717, 1.165) is 36.1 Å². The third-order valence-electron chi connectivity index (χ3n) is 7.65. The van der Waals surface area contributed by atoms with Crippen molar-refractivity contribution in [2.45, 2.75) is 19.3 Å². The van der Waals surface area contributed by atoms with Crippen molar-refractivity contribution in [2.24, 2.45) is 9.98 Å². The first-order chi connectivity index (χ1) is 19.7. The van der Waals surface area contributed by atoms with Crippen LogP contribution in [0.4, 0.5) is 0 Å². The van der Waals surface area contributed by atoms with Crippen molar-refractivity contribution in [3.8, 4) is 11.1 Å². The summed E-state index contributed by atoms with van der Waals surface area (Å²) in [6.45, 7) is 0. The lowest BCUT2D eigenvalue weighted by atomic mass is 9.91. The van der Waals surface area contributed by atoms with Gasteiger partial charge in [-0.25, -0.2) is 9.98 Å². The number of benzene rings is 6. The Balaban J connectivity index is 1.48. The summed E-state index contributed by atoms with van der Waals surface area (Å²) in [4.78, 5) is 9.84. The van der Waals surface area contributed by atoms with Gasteiger partial charge >= 0.3 is 0 Å². The molecule has 3 heteroatoms. The second-order valence-corrected chi connectivity index (χ2v) is 10.6. The maximum atomic E-state index is 6.51. The zero-order chi connectivity index (χ0) is 26.9. The van der Waals surface area contributed by atoms with Crippen LogP contribution in [0.1, 0.15) is 30.4 Å². The Hall–Kier alpha value is -4.53. The van der Waals surface area contributed by atoms with Crippen LogP contribution in [-0.2, 0) is 0 Å². The van der Waals surface area contributed by atoms with Crippen molar-refractivity contribution in [3.05, 3.63) is 139 Å². The van der Waals surface area contributed by atoms with Gasteiger partial charge in [0.1, 0.15) is 5.17 Å². The molecule has 192 valence electrons. The number of rotatable bonds is 3. The molecule has 40 heavy (non-hydrogen) atoms. The number of hydrogen-bond acceptors (Lipinski definition) is 2. The molecule has 1 aliphatic heterocycles. The number of hydrogen-bond donors (Lipinski definition) is 0. The summed E-state index contributed by atoms with van der Waals surface area (Å²) in [6.07, 6.45) is 4.80. The fourth-order valence-corrected chi connectivity index (χ4v) is 5.88. The van der Waals surface area contributed by atoms with Gasteiger partial charge in [0.2, 0.25) is 0 Å². The third kappa shape index (κ3) is 4.61. The monoisotopic (exact) mass is 534 g/mol. The minimum atomic E-state index is 0.599. The van der Waals surface area contributed by atoms with E-state index in [2.05, 4.69) is 97.1 Å². The Morgan fingerprint density at radius 3 is 1.70 bits per heavy atom. The van der Waals surface area contributed by atoms with E-state index in [-0.39, 0.29) is 0 Å². The number of allylic oxidation sites excluding steroid dienone is 1. The number of fused-ring (bicyclic) bond motifs is 6. The molecule has 0 saturated heterocycles. The summed E-state index contributed by atoms with van der Waals surface area (Å²) >= 11 is 6.51. The molecule has 0 fully saturated rings. The van der Waals surface area contributed by atoms with Crippen LogP contribution in [0.25, 0.3) is 49.1 Å². The van der Waals surface area contributed by atoms with Crippen molar-refractivity contribution in [3.63, 3.8) is 0 Å². The molecule has 0 saturated carbocycles. The van der Waals surface area contributed by atoms with Crippen LogP contribution in [0.2, 0.25) is 0 Å². The van der Waals surface area contributed by atoms with Gasteiger partial charge in [0, 0.05) is 17.5 Å². The molecular weight excluding hydrogens is 508 g/mol. The number of nitrogens with zero attached hydrogens (tertiary/aromatic N) is 2. The summed E-state index contributed by atoms with van der Waals surface area (Å²) in [5.74, 6) is 0.647. The topological polar surface area (TPSA) is 24.7 Å². The molecule has 0 aromatic heterocycles. The Kier molecular flexibility index (Phi) is 6.47. The standard InChI is InChI=1S/C37H27ClN2/c38-36-18-10-9-17-35(39-37(40-36)26-13-5-2-6-14-26)28-20-22-32-30-16-8-7-15-29(30)31-21-19-27(23-33(31)34(32)24-28)25-11-3-1-4-12-25/h1-8,11-17,19-24H,9-10,18H2/b35-17+,39-37-,40-36+. The highest BCUT2D eigenvalue weighted by molar-refractivity contribution is 6.66. The lowest BCUT2D eigenvalue weighted by Gasteiger charge is -2.14. The van der Waals surface area contributed by atoms with Gasteiger partial charge in [-0.05, 0) is 68.4 Å². The number of halogens is 1. The zero-order valence-corrected chi connectivity index (χ0v) is 22.8. The molecule has 0 N–H and O–H groups in total. The first-order valence-electron chi connectivity index (χ1n) is 13.8. The quantitative estimate of drug-likeness (QED) is 0.202. The average molecular weight is 535 g/mol. The van der Waals surface area contributed by atoms with Crippen LogP contribution >= 0.6 is 11.6 Å². The van der Waals surface area contributed by atoms with Gasteiger partial charge in [-0.15, -0.1) is 0 Å². The molecule has 0 unspecified atom stereocenters. The fourth-order valence-electron chi connectivity index (χ4n) is 5.67. The molecule has 2 nitrogen and oxygen atoms in total. The van der Waals surface area contributed by atoms with E-state index in [0.29, 0.717) is 11.0 Å². The van der Waals surface area contributed by atoms with Crippen molar-refractivity contribution >= 4 is 60.6 Å². The van der Waals surface area contributed by atoms with E-state index in [4.69, 9.17) is 21.6 Å². The van der Waals surface area contributed by atoms with E-state index in [9.17, 15) is 0 Å². The van der Waals surface area contributed by atoms with Crippen LogP contribution in [0.5, 0.6) is 0 Å². The molecule has 6 aromatic carbocycles. The Labute approximate surface area is 239 Å². The van der Waals surface area contributed by atoms with Gasteiger partial charge in [-0.3, -0.25) is 0 Å². The van der Waals surface area contributed by atoms with E-state index in [1.807, 2.05) is 30.3 Å². The summed E-state index contributed by atoms with van der Waals surface area (Å²) in [6, 6.07) is 43.0. The zero-order valence-electron chi connectivity index (χ0n) is 22.0. The number of amidine groups is 1. The highest BCUT2D eigenvalue weighted by atomic mass is 35.5. The van der Waals surface area contributed by atoms with Gasteiger partial charge < -0.3 is 0 Å². The molecule has 0 aliphatic carbocycles. The molecule has 7 rings (SSSR count). The molecule has 0 bridgehead atoms. The minimum absolute atomic E-state index is 0.599.